The molecule has 6 aliphatic rings. The Bertz CT molecular complexity index is 1050. The van der Waals surface area contributed by atoms with Crippen LogP contribution in [-0.4, -0.2) is 100 Å². The number of rotatable bonds is 12. The molecular weight excluding hydrogens is 554 g/mol. The summed E-state index contributed by atoms with van der Waals surface area (Å²) in [4.78, 5) is 2.71. The number of allylic oxidation sites excluding steroid dienone is 2. The van der Waals surface area contributed by atoms with E-state index in [1.54, 1.807) is 23.8 Å². The van der Waals surface area contributed by atoms with Gasteiger partial charge in [0.2, 0.25) is 0 Å². The van der Waals surface area contributed by atoms with E-state index < -0.39 is 0 Å². The van der Waals surface area contributed by atoms with Crippen LogP contribution in [0.3, 0.4) is 0 Å². The molecule has 44 heavy (non-hydrogen) atoms. The number of aliphatic hydroxyl groups is 1. The minimum absolute atomic E-state index is 0.0386. The van der Waals surface area contributed by atoms with E-state index in [1.807, 2.05) is 0 Å². The van der Waals surface area contributed by atoms with Crippen LogP contribution in [-0.2, 0) is 23.7 Å². The van der Waals surface area contributed by atoms with Gasteiger partial charge in [-0.25, -0.2) is 0 Å². The number of aliphatic hydroxyl groups excluding tert-OH is 1. The standard InChI is InChI=1S/C37H61NO6/c1-25-20-34-35(38(24-25)12-13-41-16-17-43-19-18-42-15-14-40-5)27(3)37(44-34)11-9-30-31-7-6-28-21-29(39)8-10-36(28,4)33(31)22-32(30)26(2)23-37/h6,25,27,29-31,33-35,39H,7-24H2,1-5H3/t25-,27+,29-,30-,31?,33-,34+,35-,36?,37-/m0/s1. The highest BCUT2D eigenvalue weighted by atomic mass is 16.6. The maximum atomic E-state index is 10.4. The Balaban J connectivity index is 1.05. The van der Waals surface area contributed by atoms with Gasteiger partial charge in [-0.1, -0.05) is 43.6 Å². The van der Waals surface area contributed by atoms with Crippen LogP contribution in [0.4, 0.5) is 0 Å². The number of piperidine rings is 1. The van der Waals surface area contributed by atoms with E-state index >= 15 is 0 Å². The molecule has 0 aromatic carbocycles. The third-order valence-corrected chi connectivity index (χ3v) is 13.0. The average Bonchev–Trinajstić information content (AvgIpc) is 3.46. The van der Waals surface area contributed by atoms with Crippen LogP contribution in [0, 0.1) is 35.0 Å². The van der Waals surface area contributed by atoms with Gasteiger partial charge in [0.1, 0.15) is 0 Å². The van der Waals surface area contributed by atoms with Crippen LogP contribution in [0.15, 0.2) is 22.8 Å². The van der Waals surface area contributed by atoms with Crippen molar-refractivity contribution in [2.45, 2.75) is 109 Å². The minimum Gasteiger partial charge on any atom is -0.393 e. The van der Waals surface area contributed by atoms with E-state index in [1.165, 1.54) is 32.1 Å². The zero-order chi connectivity index (χ0) is 30.9. The maximum absolute atomic E-state index is 10.4. The highest BCUT2D eigenvalue weighted by Gasteiger charge is 2.59. The zero-order valence-corrected chi connectivity index (χ0v) is 28.4. The second-order valence-corrected chi connectivity index (χ2v) is 15.5. The lowest BCUT2D eigenvalue weighted by molar-refractivity contribution is -0.0806. The van der Waals surface area contributed by atoms with Crippen molar-refractivity contribution < 1.29 is 28.8 Å². The summed E-state index contributed by atoms with van der Waals surface area (Å²) in [5.41, 5.74) is 5.24. The summed E-state index contributed by atoms with van der Waals surface area (Å²) in [6.45, 7) is 16.4. The summed E-state index contributed by atoms with van der Waals surface area (Å²) < 4.78 is 29.4. The third kappa shape index (κ3) is 6.50. The molecule has 10 atom stereocenters. The van der Waals surface area contributed by atoms with Crippen LogP contribution in [0.2, 0.25) is 0 Å². The molecule has 250 valence electrons. The molecule has 0 aromatic heterocycles. The first-order valence-corrected chi connectivity index (χ1v) is 18.0. The van der Waals surface area contributed by atoms with Crippen molar-refractivity contribution in [1.82, 2.24) is 4.90 Å². The molecule has 1 N–H and O–H groups in total. The van der Waals surface area contributed by atoms with Crippen LogP contribution in [0.25, 0.3) is 0 Å². The summed E-state index contributed by atoms with van der Waals surface area (Å²) >= 11 is 0. The molecule has 6 rings (SSSR count). The third-order valence-electron chi connectivity index (χ3n) is 13.0. The number of fused-ring (bicyclic) bond motifs is 6. The average molecular weight is 616 g/mol. The summed E-state index contributed by atoms with van der Waals surface area (Å²) in [7, 11) is 1.68. The largest absolute Gasteiger partial charge is 0.393 e. The van der Waals surface area contributed by atoms with E-state index in [4.69, 9.17) is 23.7 Å². The molecule has 2 aliphatic heterocycles. The van der Waals surface area contributed by atoms with E-state index in [-0.39, 0.29) is 17.1 Å². The Morgan fingerprint density at radius 1 is 0.977 bits per heavy atom. The summed E-state index contributed by atoms with van der Waals surface area (Å²) in [5.74, 6) is 3.38. The fourth-order valence-electron chi connectivity index (χ4n) is 10.7. The van der Waals surface area contributed by atoms with Gasteiger partial charge in [0, 0.05) is 32.2 Å². The number of methoxy groups -OCH3 is 1. The first-order chi connectivity index (χ1) is 21.3. The van der Waals surface area contributed by atoms with Crippen LogP contribution in [0.5, 0.6) is 0 Å². The number of ether oxygens (including phenoxy) is 5. The van der Waals surface area contributed by atoms with E-state index in [0.717, 1.165) is 57.2 Å². The van der Waals surface area contributed by atoms with Crippen molar-refractivity contribution in [3.05, 3.63) is 22.8 Å². The molecule has 1 spiro atoms. The quantitative estimate of drug-likeness (QED) is 0.220. The molecule has 0 radical (unpaired) electrons. The smallest absolute Gasteiger partial charge is 0.0765 e. The Labute approximate surface area is 267 Å². The van der Waals surface area contributed by atoms with Gasteiger partial charge in [-0.05, 0) is 93.8 Å². The predicted octanol–water partition coefficient (Wildman–Crippen LogP) is 5.80. The van der Waals surface area contributed by atoms with Gasteiger partial charge < -0.3 is 28.8 Å². The second-order valence-electron chi connectivity index (χ2n) is 15.5. The monoisotopic (exact) mass is 615 g/mol. The summed E-state index contributed by atoms with van der Waals surface area (Å²) in [6.07, 6.45) is 13.0. The van der Waals surface area contributed by atoms with Crippen molar-refractivity contribution in [3.8, 4) is 0 Å². The van der Waals surface area contributed by atoms with Crippen molar-refractivity contribution in [3.63, 3.8) is 0 Å². The first kappa shape index (κ1) is 33.1. The summed E-state index contributed by atoms with van der Waals surface area (Å²) in [5, 5.41) is 10.4. The lowest BCUT2D eigenvalue weighted by Crippen LogP contribution is -2.52. The topological polar surface area (TPSA) is 69.6 Å². The SMILES string of the molecule is COCCOCCOCCOCCN1C[C@@H](C)C[C@H]2O[C@]3(CC[C@@H]4C(=C(C)C3)C[C@H]3C4CC=C4C[C@@H](O)CCC43C)[C@H](C)[C@@H]21. The number of hydrogen-bond acceptors (Lipinski definition) is 7. The molecule has 7 heteroatoms. The molecule has 2 saturated carbocycles. The first-order valence-electron chi connectivity index (χ1n) is 18.0. The molecule has 4 fully saturated rings. The zero-order valence-electron chi connectivity index (χ0n) is 28.4. The minimum atomic E-state index is -0.132. The van der Waals surface area contributed by atoms with Gasteiger partial charge in [-0.15, -0.1) is 0 Å². The van der Waals surface area contributed by atoms with Crippen molar-refractivity contribution >= 4 is 0 Å². The van der Waals surface area contributed by atoms with Gasteiger partial charge in [0.25, 0.3) is 0 Å². The fourth-order valence-corrected chi connectivity index (χ4v) is 10.7. The van der Waals surface area contributed by atoms with E-state index in [2.05, 4.69) is 38.7 Å². The maximum Gasteiger partial charge on any atom is 0.0765 e. The number of nitrogens with zero attached hydrogens (tertiary/aromatic N) is 1. The van der Waals surface area contributed by atoms with Crippen LogP contribution >= 0.6 is 0 Å². The van der Waals surface area contributed by atoms with Gasteiger partial charge in [-0.2, -0.15) is 0 Å². The summed E-state index contributed by atoms with van der Waals surface area (Å²) in [6, 6.07) is 0.478. The Kier molecular flexibility index (Phi) is 10.6. The highest BCUT2D eigenvalue weighted by Crippen LogP contribution is 2.63. The second kappa shape index (κ2) is 14.1. The molecule has 2 saturated heterocycles. The van der Waals surface area contributed by atoms with Crippen molar-refractivity contribution in [1.29, 1.82) is 0 Å². The molecule has 0 bridgehead atoms. The number of likely N-dealkylation sites (tertiary alicyclic amines) is 1. The number of hydrogen-bond donors (Lipinski definition) is 1. The fraction of sp³-hybridized carbons (Fsp3) is 0.892. The van der Waals surface area contributed by atoms with Gasteiger partial charge >= 0.3 is 0 Å². The Hall–Kier alpha value is -0.800. The van der Waals surface area contributed by atoms with Crippen molar-refractivity contribution in [2.24, 2.45) is 35.0 Å². The van der Waals surface area contributed by atoms with Crippen LogP contribution < -0.4 is 0 Å². The van der Waals surface area contributed by atoms with E-state index in [9.17, 15) is 5.11 Å². The lowest BCUT2D eigenvalue weighted by Gasteiger charge is -2.49. The Morgan fingerprint density at radius 3 is 2.45 bits per heavy atom. The predicted molar refractivity (Wildman–Crippen MR) is 173 cm³/mol. The molecule has 0 amide bonds. The molecule has 7 nitrogen and oxygen atoms in total. The Morgan fingerprint density at radius 2 is 1.70 bits per heavy atom. The molecule has 4 aliphatic carbocycles. The van der Waals surface area contributed by atoms with Crippen LogP contribution in [0.1, 0.15) is 85.5 Å². The lowest BCUT2D eigenvalue weighted by atomic mass is 9.56. The van der Waals surface area contributed by atoms with Crippen molar-refractivity contribution in [2.75, 3.05) is 66.4 Å². The van der Waals surface area contributed by atoms with Gasteiger partial charge in [-0.3, -0.25) is 4.90 Å². The van der Waals surface area contributed by atoms with Gasteiger partial charge in [0.15, 0.2) is 0 Å². The molecule has 2 heterocycles. The molecule has 0 aromatic rings. The molecule has 2 unspecified atom stereocenters. The highest BCUT2D eigenvalue weighted by molar-refractivity contribution is 5.34. The molecular formula is C37H61NO6. The van der Waals surface area contributed by atoms with E-state index in [0.29, 0.717) is 69.5 Å². The van der Waals surface area contributed by atoms with Gasteiger partial charge in [0.05, 0.1) is 64.1 Å². The normalized spacial score (nSPS) is 42.1.